The van der Waals surface area contributed by atoms with Crippen LogP contribution in [-0.2, 0) is 11.3 Å². The van der Waals surface area contributed by atoms with Gasteiger partial charge in [-0.25, -0.2) is 4.39 Å². The van der Waals surface area contributed by atoms with Crippen molar-refractivity contribution in [1.82, 2.24) is 30.5 Å². The zero-order valence-corrected chi connectivity index (χ0v) is 13.9. The van der Waals surface area contributed by atoms with Gasteiger partial charge in [-0.3, -0.25) is 9.59 Å². The third-order valence-corrected chi connectivity index (χ3v) is 4.05. The molecule has 27 heavy (non-hydrogen) atoms. The lowest BCUT2D eigenvalue weighted by Crippen LogP contribution is -2.31. The first-order valence-corrected chi connectivity index (χ1v) is 8.05. The van der Waals surface area contributed by atoms with Crippen molar-refractivity contribution < 1.29 is 14.0 Å². The fourth-order valence-corrected chi connectivity index (χ4v) is 2.72. The maximum Gasteiger partial charge on any atom is 0.292 e. The van der Waals surface area contributed by atoms with E-state index in [1.54, 1.807) is 12.1 Å². The largest absolute Gasteiger partial charge is 0.360 e. The molecule has 8 nitrogen and oxygen atoms in total. The van der Waals surface area contributed by atoms with Gasteiger partial charge in [0, 0.05) is 17.1 Å². The Morgan fingerprint density at radius 2 is 1.89 bits per heavy atom. The summed E-state index contributed by atoms with van der Waals surface area (Å²) in [4.78, 5) is 27.7. The van der Waals surface area contributed by atoms with Gasteiger partial charge in [0.05, 0.1) is 17.8 Å². The highest BCUT2D eigenvalue weighted by molar-refractivity contribution is 6.44. The van der Waals surface area contributed by atoms with Crippen molar-refractivity contribution in [3.05, 3.63) is 71.9 Å². The van der Waals surface area contributed by atoms with E-state index >= 15 is 0 Å². The van der Waals surface area contributed by atoms with Gasteiger partial charge in [-0.1, -0.05) is 18.2 Å². The first-order valence-electron chi connectivity index (χ1n) is 8.05. The summed E-state index contributed by atoms with van der Waals surface area (Å²) in [5, 5.41) is 14.4. The summed E-state index contributed by atoms with van der Waals surface area (Å²) >= 11 is 0. The molecule has 0 unspecified atom stereocenters. The van der Waals surface area contributed by atoms with Gasteiger partial charge in [0.15, 0.2) is 5.82 Å². The van der Waals surface area contributed by atoms with Crippen LogP contribution in [0.2, 0.25) is 0 Å². The second-order valence-electron chi connectivity index (χ2n) is 5.74. The molecule has 1 amide bonds. The first kappa shape index (κ1) is 16.6. The molecule has 0 atom stereocenters. The molecule has 2 aromatic heterocycles. The Kier molecular flexibility index (Phi) is 4.17. The minimum atomic E-state index is -0.770. The number of benzene rings is 2. The van der Waals surface area contributed by atoms with Crippen LogP contribution < -0.4 is 5.32 Å². The molecule has 0 radical (unpaired) electrons. The number of Topliss-reactive ketones (excluding diaryl/α,β-unsaturated/α-hetero) is 1. The Labute approximate surface area is 152 Å². The molecule has 4 rings (SSSR count). The van der Waals surface area contributed by atoms with Crippen molar-refractivity contribution in [2.45, 2.75) is 6.54 Å². The van der Waals surface area contributed by atoms with Crippen molar-refractivity contribution >= 4 is 22.6 Å². The molecule has 134 valence electrons. The summed E-state index contributed by atoms with van der Waals surface area (Å²) in [7, 11) is 0. The number of para-hydroxylation sites is 1. The molecule has 0 bridgehead atoms. The number of halogens is 1. The molecule has 0 saturated carbocycles. The standard InChI is InChI=1S/C18H13FN6O2/c19-11-5-7-12(8-6-11)25-16(22-23-24-25)10-21-18(27)17(26)14-9-20-15-4-2-1-3-13(14)15/h1-9,20H,10H2,(H,21,27). The number of hydrogen-bond acceptors (Lipinski definition) is 5. The fraction of sp³-hybridized carbons (Fsp3) is 0.0556. The van der Waals surface area contributed by atoms with E-state index in [2.05, 4.69) is 25.8 Å². The average molecular weight is 364 g/mol. The van der Waals surface area contributed by atoms with Crippen LogP contribution in [0.25, 0.3) is 16.6 Å². The number of aromatic nitrogens is 5. The lowest BCUT2D eigenvalue weighted by Gasteiger charge is -2.06. The smallest absolute Gasteiger partial charge is 0.292 e. The number of H-pyrrole nitrogens is 1. The summed E-state index contributed by atoms with van der Waals surface area (Å²) in [5.41, 5.74) is 1.60. The minimum Gasteiger partial charge on any atom is -0.360 e. The molecule has 0 fully saturated rings. The topological polar surface area (TPSA) is 106 Å². The van der Waals surface area contributed by atoms with E-state index in [-0.39, 0.29) is 12.4 Å². The lowest BCUT2D eigenvalue weighted by atomic mass is 10.1. The van der Waals surface area contributed by atoms with Crippen molar-refractivity contribution in [3.63, 3.8) is 0 Å². The molecule has 2 aromatic carbocycles. The van der Waals surface area contributed by atoms with Crippen LogP contribution >= 0.6 is 0 Å². The summed E-state index contributed by atoms with van der Waals surface area (Å²) in [6, 6.07) is 12.8. The third-order valence-electron chi connectivity index (χ3n) is 4.05. The lowest BCUT2D eigenvalue weighted by molar-refractivity contribution is -0.117. The second kappa shape index (κ2) is 6.79. The predicted molar refractivity (Wildman–Crippen MR) is 93.6 cm³/mol. The Balaban J connectivity index is 1.49. The van der Waals surface area contributed by atoms with Gasteiger partial charge in [0.2, 0.25) is 0 Å². The number of amides is 1. The fourth-order valence-electron chi connectivity index (χ4n) is 2.72. The van der Waals surface area contributed by atoms with E-state index in [9.17, 15) is 14.0 Å². The summed E-state index contributed by atoms with van der Waals surface area (Å²) < 4.78 is 14.4. The van der Waals surface area contributed by atoms with Crippen LogP contribution in [-0.4, -0.2) is 36.9 Å². The van der Waals surface area contributed by atoms with Gasteiger partial charge in [-0.2, -0.15) is 4.68 Å². The molecular weight excluding hydrogens is 351 g/mol. The molecule has 0 aliphatic heterocycles. The van der Waals surface area contributed by atoms with Crippen LogP contribution in [0.4, 0.5) is 4.39 Å². The Morgan fingerprint density at radius 3 is 2.70 bits per heavy atom. The number of nitrogens with zero attached hydrogens (tertiary/aromatic N) is 4. The van der Waals surface area contributed by atoms with Gasteiger partial charge in [-0.15, -0.1) is 5.10 Å². The van der Waals surface area contributed by atoms with E-state index in [0.717, 1.165) is 5.52 Å². The number of nitrogens with one attached hydrogen (secondary N) is 2. The van der Waals surface area contributed by atoms with E-state index in [4.69, 9.17) is 0 Å². The number of rotatable bonds is 5. The molecule has 0 spiro atoms. The number of ketones is 1. The Morgan fingerprint density at radius 1 is 1.11 bits per heavy atom. The second-order valence-corrected chi connectivity index (χ2v) is 5.74. The third kappa shape index (κ3) is 3.17. The zero-order chi connectivity index (χ0) is 18.8. The SMILES string of the molecule is O=C(NCc1nnnn1-c1ccc(F)cc1)C(=O)c1c[nH]c2ccccc12. The molecule has 0 aliphatic carbocycles. The minimum absolute atomic E-state index is 0.0582. The van der Waals surface area contributed by atoms with Crippen LogP contribution in [0.15, 0.2) is 54.7 Å². The van der Waals surface area contributed by atoms with Crippen LogP contribution in [0.5, 0.6) is 0 Å². The zero-order valence-electron chi connectivity index (χ0n) is 13.9. The van der Waals surface area contributed by atoms with E-state index in [0.29, 0.717) is 22.5 Å². The number of aromatic amines is 1. The average Bonchev–Trinajstić information content (AvgIpc) is 3.33. The number of tetrazole rings is 1. The van der Waals surface area contributed by atoms with Crippen LogP contribution in [0, 0.1) is 5.82 Å². The highest BCUT2D eigenvalue weighted by Gasteiger charge is 2.20. The number of hydrogen-bond donors (Lipinski definition) is 2. The molecule has 2 heterocycles. The van der Waals surface area contributed by atoms with E-state index < -0.39 is 11.7 Å². The first-order chi connectivity index (χ1) is 13.1. The molecular formula is C18H13FN6O2. The maximum atomic E-state index is 13.1. The Hall–Kier alpha value is -3.88. The van der Waals surface area contributed by atoms with E-state index in [1.807, 2.05) is 12.1 Å². The predicted octanol–water partition coefficient (Wildman–Crippen LogP) is 1.78. The maximum absolute atomic E-state index is 13.1. The monoisotopic (exact) mass is 364 g/mol. The molecule has 4 aromatic rings. The molecule has 0 aliphatic rings. The number of carbonyl (C=O) groups is 2. The van der Waals surface area contributed by atoms with E-state index in [1.165, 1.54) is 35.1 Å². The summed E-state index contributed by atoms with van der Waals surface area (Å²) in [6.07, 6.45) is 1.51. The van der Waals surface area contributed by atoms with Crippen molar-refractivity contribution in [1.29, 1.82) is 0 Å². The number of carbonyl (C=O) groups excluding carboxylic acids is 2. The quantitative estimate of drug-likeness (QED) is 0.415. The molecule has 9 heteroatoms. The normalized spacial score (nSPS) is 10.9. The van der Waals surface area contributed by atoms with Gasteiger partial charge in [-0.05, 0) is 40.8 Å². The summed E-state index contributed by atoms with van der Waals surface area (Å²) in [5.74, 6) is -1.51. The van der Waals surface area contributed by atoms with Gasteiger partial charge < -0.3 is 10.3 Å². The van der Waals surface area contributed by atoms with Crippen molar-refractivity contribution in [2.75, 3.05) is 0 Å². The van der Waals surface area contributed by atoms with Gasteiger partial charge in [0.1, 0.15) is 5.82 Å². The van der Waals surface area contributed by atoms with Crippen molar-refractivity contribution in [3.8, 4) is 5.69 Å². The molecule has 2 N–H and O–H groups in total. The molecule has 0 saturated heterocycles. The van der Waals surface area contributed by atoms with Gasteiger partial charge >= 0.3 is 0 Å². The van der Waals surface area contributed by atoms with Crippen LogP contribution in [0.3, 0.4) is 0 Å². The van der Waals surface area contributed by atoms with Crippen LogP contribution in [0.1, 0.15) is 16.2 Å². The van der Waals surface area contributed by atoms with Crippen molar-refractivity contribution in [2.24, 2.45) is 0 Å². The highest BCUT2D eigenvalue weighted by atomic mass is 19.1. The number of fused-ring (bicyclic) bond motifs is 1. The van der Waals surface area contributed by atoms with Gasteiger partial charge in [0.25, 0.3) is 11.7 Å². The highest BCUT2D eigenvalue weighted by Crippen LogP contribution is 2.18. The summed E-state index contributed by atoms with van der Waals surface area (Å²) in [6.45, 7) is -0.0582. The Bertz CT molecular complexity index is 1130.